The standard InChI is InChI=1S/C6H6O3/c7-3-5-1-2-6(4-8)9-5/h1-3,8H,4H2/p+1. The van der Waals surface area contributed by atoms with Gasteiger partial charge in [-0.05, 0) is 12.1 Å². The number of hydrogen-bond acceptors (Lipinski definition) is 3. The lowest BCUT2D eigenvalue weighted by molar-refractivity contribution is 0.109. The van der Waals surface area contributed by atoms with Gasteiger partial charge in [-0.3, -0.25) is 4.79 Å². The molecule has 1 rings (SSSR count). The first-order valence-corrected chi connectivity index (χ1v) is 2.51. The minimum Gasteiger partial charge on any atom is -0.456 e. The van der Waals surface area contributed by atoms with Gasteiger partial charge in [0.25, 0.3) is 0 Å². The average Bonchev–Trinajstić information content (AvgIpc) is 2.34. The van der Waals surface area contributed by atoms with Crippen LogP contribution in [0.2, 0.25) is 0 Å². The smallest absolute Gasteiger partial charge is 0.456 e. The van der Waals surface area contributed by atoms with E-state index in [4.69, 9.17) is 9.52 Å². The SMILES string of the molecule is O=Cc1ccc(CO)o1.[H+]. The van der Waals surface area contributed by atoms with Crippen molar-refractivity contribution < 1.29 is 15.7 Å². The molecule has 0 saturated heterocycles. The fourth-order valence-electron chi connectivity index (χ4n) is 0.543. The molecule has 1 aromatic rings. The molecule has 3 nitrogen and oxygen atoms in total. The van der Waals surface area contributed by atoms with Gasteiger partial charge in [0.15, 0.2) is 12.0 Å². The second kappa shape index (κ2) is 2.46. The fraction of sp³-hybridized carbons (Fsp3) is 0.167. The summed E-state index contributed by atoms with van der Waals surface area (Å²) in [6.45, 7) is -0.159. The molecule has 1 N–H and O–H groups in total. The lowest BCUT2D eigenvalue weighted by Crippen LogP contribution is -1.74. The van der Waals surface area contributed by atoms with Crippen molar-refractivity contribution in [1.29, 1.82) is 0 Å². The number of carbonyl (C=O) groups excluding carboxylic acids is 1. The summed E-state index contributed by atoms with van der Waals surface area (Å²) >= 11 is 0. The first-order valence-electron chi connectivity index (χ1n) is 2.51. The molecule has 0 atom stereocenters. The van der Waals surface area contributed by atoms with Crippen LogP contribution in [-0.4, -0.2) is 11.4 Å². The van der Waals surface area contributed by atoms with Gasteiger partial charge in [-0.15, -0.1) is 0 Å². The number of furan rings is 1. The Morgan fingerprint density at radius 3 is 2.89 bits per heavy atom. The first kappa shape index (κ1) is 6.04. The van der Waals surface area contributed by atoms with Gasteiger partial charge < -0.3 is 9.52 Å². The predicted octanol–water partition coefficient (Wildman–Crippen LogP) is 0.697. The molecule has 1 aromatic heterocycles. The van der Waals surface area contributed by atoms with Gasteiger partial charge in [0.05, 0.1) is 0 Å². The van der Waals surface area contributed by atoms with E-state index in [1.807, 2.05) is 0 Å². The molecule has 0 unspecified atom stereocenters. The Morgan fingerprint density at radius 1 is 1.78 bits per heavy atom. The molecule has 0 saturated carbocycles. The van der Waals surface area contributed by atoms with E-state index in [0.29, 0.717) is 12.0 Å². The Hall–Kier alpha value is -1.09. The molecule has 0 aliphatic heterocycles. The molecule has 0 aliphatic rings. The fourth-order valence-corrected chi connectivity index (χ4v) is 0.543. The largest absolute Gasteiger partial charge is 1.00 e. The van der Waals surface area contributed by atoms with E-state index in [0.717, 1.165) is 0 Å². The molecule has 0 radical (unpaired) electrons. The number of rotatable bonds is 2. The molecular formula is C6H7O3+. The Labute approximate surface area is 53.4 Å². The van der Waals surface area contributed by atoms with E-state index in [2.05, 4.69) is 0 Å². The number of aliphatic hydroxyl groups is 1. The van der Waals surface area contributed by atoms with Crippen molar-refractivity contribution in [2.45, 2.75) is 6.61 Å². The van der Waals surface area contributed by atoms with Crippen LogP contribution in [0.1, 0.15) is 17.7 Å². The van der Waals surface area contributed by atoms with E-state index in [-0.39, 0.29) is 13.8 Å². The third kappa shape index (κ3) is 1.17. The van der Waals surface area contributed by atoms with Crippen molar-refractivity contribution in [2.24, 2.45) is 0 Å². The van der Waals surface area contributed by atoms with Crippen LogP contribution in [0.5, 0.6) is 0 Å². The van der Waals surface area contributed by atoms with E-state index in [9.17, 15) is 4.79 Å². The van der Waals surface area contributed by atoms with Crippen LogP contribution in [0, 0.1) is 0 Å². The summed E-state index contributed by atoms with van der Waals surface area (Å²) in [6.07, 6.45) is 0.596. The quantitative estimate of drug-likeness (QED) is 0.595. The van der Waals surface area contributed by atoms with Crippen molar-refractivity contribution in [2.75, 3.05) is 0 Å². The lowest BCUT2D eigenvalue weighted by atomic mass is 10.4. The van der Waals surface area contributed by atoms with Gasteiger partial charge in [0.1, 0.15) is 12.4 Å². The van der Waals surface area contributed by atoms with Gasteiger partial charge >= 0.3 is 1.43 Å². The van der Waals surface area contributed by atoms with Crippen LogP contribution in [0.15, 0.2) is 16.5 Å². The third-order valence-corrected chi connectivity index (χ3v) is 0.954. The summed E-state index contributed by atoms with van der Waals surface area (Å²) in [4.78, 5) is 9.96. The maximum absolute atomic E-state index is 9.96. The number of carbonyl (C=O) groups is 1. The summed E-state index contributed by atoms with van der Waals surface area (Å²) in [5, 5.41) is 8.44. The van der Waals surface area contributed by atoms with E-state index >= 15 is 0 Å². The van der Waals surface area contributed by atoms with Crippen LogP contribution < -0.4 is 0 Å². The molecule has 1 heterocycles. The summed E-state index contributed by atoms with van der Waals surface area (Å²) in [5.41, 5.74) is 0. The lowest BCUT2D eigenvalue weighted by Gasteiger charge is -1.82. The van der Waals surface area contributed by atoms with E-state index in [1.54, 1.807) is 6.07 Å². The molecule has 0 amide bonds. The van der Waals surface area contributed by atoms with Crippen LogP contribution >= 0.6 is 0 Å². The van der Waals surface area contributed by atoms with Crippen LogP contribution in [0.3, 0.4) is 0 Å². The van der Waals surface area contributed by atoms with Crippen molar-refractivity contribution >= 4 is 6.29 Å². The maximum atomic E-state index is 9.96. The van der Waals surface area contributed by atoms with Gasteiger partial charge in [0, 0.05) is 0 Å². The number of aldehydes is 1. The van der Waals surface area contributed by atoms with Crippen LogP contribution in [-0.2, 0) is 6.61 Å². The highest BCUT2D eigenvalue weighted by Crippen LogP contribution is 2.03. The molecular weight excluding hydrogens is 120 g/mol. The zero-order chi connectivity index (χ0) is 6.69. The molecule has 0 fully saturated rings. The van der Waals surface area contributed by atoms with Crippen molar-refractivity contribution in [1.82, 2.24) is 0 Å². The monoisotopic (exact) mass is 127 g/mol. The topological polar surface area (TPSA) is 50.4 Å². The number of aliphatic hydroxyl groups excluding tert-OH is 1. The van der Waals surface area contributed by atoms with Gasteiger partial charge in [-0.1, -0.05) is 0 Å². The second-order valence-electron chi connectivity index (χ2n) is 1.58. The third-order valence-electron chi connectivity index (χ3n) is 0.954. The summed E-state index contributed by atoms with van der Waals surface area (Å²) in [7, 11) is 0. The van der Waals surface area contributed by atoms with Gasteiger partial charge in [-0.2, -0.15) is 0 Å². The van der Waals surface area contributed by atoms with Crippen LogP contribution in [0.25, 0.3) is 0 Å². The second-order valence-corrected chi connectivity index (χ2v) is 1.58. The molecule has 0 spiro atoms. The Kier molecular flexibility index (Phi) is 1.65. The minimum atomic E-state index is -0.159. The molecule has 3 heteroatoms. The summed E-state index contributed by atoms with van der Waals surface area (Å²) in [5.74, 6) is 0.663. The van der Waals surface area contributed by atoms with Crippen molar-refractivity contribution in [3.8, 4) is 0 Å². The Bertz CT molecular complexity index is 207. The van der Waals surface area contributed by atoms with Gasteiger partial charge in [-0.25, -0.2) is 0 Å². The molecule has 48 valence electrons. The normalized spacial score (nSPS) is 9.44. The zero-order valence-corrected chi connectivity index (χ0v) is 4.70. The zero-order valence-electron chi connectivity index (χ0n) is 5.70. The molecule has 0 bridgehead atoms. The number of hydrogen-bond donors (Lipinski definition) is 1. The first-order chi connectivity index (χ1) is 4.36. The Balaban J connectivity index is 0.000000810. The Morgan fingerprint density at radius 2 is 2.56 bits per heavy atom. The molecule has 0 aromatic carbocycles. The summed E-state index contributed by atoms with van der Waals surface area (Å²) in [6, 6.07) is 3.07. The summed E-state index contributed by atoms with van der Waals surface area (Å²) < 4.78 is 4.76. The predicted molar refractivity (Wildman–Crippen MR) is 31.1 cm³/mol. The van der Waals surface area contributed by atoms with E-state index in [1.165, 1.54) is 6.07 Å². The highest BCUT2D eigenvalue weighted by Gasteiger charge is 1.96. The van der Waals surface area contributed by atoms with Gasteiger partial charge in [0.2, 0.25) is 0 Å². The highest BCUT2D eigenvalue weighted by atomic mass is 16.4. The molecule has 9 heavy (non-hydrogen) atoms. The van der Waals surface area contributed by atoms with Crippen molar-refractivity contribution in [3.63, 3.8) is 0 Å². The van der Waals surface area contributed by atoms with Crippen LogP contribution in [0.4, 0.5) is 0 Å². The maximum Gasteiger partial charge on any atom is 1.00 e. The average molecular weight is 127 g/mol. The highest BCUT2D eigenvalue weighted by molar-refractivity contribution is 5.70. The minimum absolute atomic E-state index is 0. The van der Waals surface area contributed by atoms with E-state index < -0.39 is 0 Å². The van der Waals surface area contributed by atoms with Crippen molar-refractivity contribution in [3.05, 3.63) is 23.7 Å². The molecule has 0 aliphatic carbocycles.